The van der Waals surface area contributed by atoms with E-state index in [0.29, 0.717) is 0 Å². The maximum atomic E-state index is 2.62. The highest BCUT2D eigenvalue weighted by Gasteiger charge is 2.52. The summed E-state index contributed by atoms with van der Waals surface area (Å²) in [4.78, 5) is 0. The van der Waals surface area contributed by atoms with Crippen LogP contribution in [0.25, 0.3) is 210 Å². The minimum atomic E-state index is -2.25. The van der Waals surface area contributed by atoms with Crippen molar-refractivity contribution in [2.45, 2.75) is 50.9 Å². The first-order valence-corrected chi connectivity index (χ1v) is 53.4. The van der Waals surface area contributed by atoms with Gasteiger partial charge in [0.2, 0.25) is 0 Å². The molecule has 5 aliphatic rings. The van der Waals surface area contributed by atoms with E-state index in [1.807, 2.05) is 0 Å². The highest BCUT2D eigenvalue weighted by molar-refractivity contribution is 7.04. The molecule has 0 atom stereocenters. The molecule has 0 fully saturated rings. The van der Waals surface area contributed by atoms with Gasteiger partial charge in [-0.25, -0.2) is 0 Å². The Bertz CT molecular complexity index is 8550. The van der Waals surface area contributed by atoms with Gasteiger partial charge in [0.15, 0.2) is 0 Å². The average Bonchev–Trinajstić information content (AvgIpc) is 1.50. The van der Waals surface area contributed by atoms with Gasteiger partial charge in [-0.15, -0.1) is 0 Å². The summed E-state index contributed by atoms with van der Waals surface area (Å²) in [5.41, 5.74) is 46.7. The summed E-state index contributed by atoms with van der Waals surface area (Å²) in [5.74, 6) is 0. The third-order valence-electron chi connectivity index (χ3n) is 31.0. The van der Waals surface area contributed by atoms with Crippen LogP contribution in [0.4, 0.5) is 0 Å². The fourth-order valence-electron chi connectivity index (χ4n) is 24.4. The molecule has 0 saturated carbocycles. The van der Waals surface area contributed by atoms with Crippen molar-refractivity contribution >= 4 is 80.0 Å². The van der Waals surface area contributed by atoms with E-state index < -0.39 is 16.1 Å². The molecule has 630 valence electrons. The first kappa shape index (κ1) is 79.3. The van der Waals surface area contributed by atoms with Gasteiger partial charge >= 0.3 is 0 Å². The zero-order valence-corrected chi connectivity index (χ0v) is 77.9. The van der Waals surface area contributed by atoms with Gasteiger partial charge in [-0.2, -0.15) is 0 Å². The smallest absolute Gasteiger partial charge is 0.0622 e. The zero-order valence-electron chi connectivity index (χ0n) is 75.9. The van der Waals surface area contributed by atoms with Crippen molar-refractivity contribution in [2.75, 3.05) is 0 Å². The van der Waals surface area contributed by atoms with E-state index in [1.165, 1.54) is 264 Å². The summed E-state index contributed by atoms with van der Waals surface area (Å²) in [6, 6.07) is 174. The summed E-state index contributed by atoms with van der Waals surface area (Å²) >= 11 is 0. The fraction of sp³-hybridized carbons (Fsp3) is 0.0606. The maximum Gasteiger partial charge on any atom is 0.113 e. The molecule has 0 N–H and O–H groups in total. The molecule has 2 aliphatic heterocycles. The van der Waals surface area contributed by atoms with Crippen molar-refractivity contribution in [3.8, 4) is 167 Å². The highest BCUT2D eigenvalue weighted by Crippen LogP contribution is 2.64. The molecule has 0 amide bonds. The second kappa shape index (κ2) is 30.4. The van der Waals surface area contributed by atoms with Gasteiger partial charge in [-0.1, -0.05) is 477 Å². The molecule has 0 unspecified atom stereocenters. The van der Waals surface area contributed by atoms with Crippen LogP contribution in [0.5, 0.6) is 0 Å². The number of hydrogen-bond acceptors (Lipinski definition) is 0. The Morgan fingerprint density at radius 2 is 0.358 bits per heavy atom. The van der Waals surface area contributed by atoms with Crippen LogP contribution in [0.1, 0.15) is 47.2 Å². The Kier molecular flexibility index (Phi) is 18.0. The van der Waals surface area contributed by atoms with Crippen molar-refractivity contribution in [2.24, 2.45) is 0 Å². The van der Waals surface area contributed by atoms with Crippen molar-refractivity contribution < 1.29 is 0 Å². The van der Waals surface area contributed by atoms with Crippen LogP contribution < -0.4 is 20.7 Å². The number of hydrogen-bond donors (Lipinski definition) is 0. The van der Waals surface area contributed by atoms with E-state index >= 15 is 0 Å². The summed E-state index contributed by atoms with van der Waals surface area (Å²) < 4.78 is 0. The Morgan fingerprint density at radius 1 is 0.142 bits per heavy atom. The average molecular weight is 1740 g/mol. The largest absolute Gasteiger partial charge is 0.113 e. The summed E-state index contributed by atoms with van der Waals surface area (Å²) in [6.45, 7) is 15.0. The van der Waals surface area contributed by atoms with E-state index in [-0.39, 0.29) is 10.8 Å². The Labute approximate surface area is 786 Å². The third-order valence-corrected chi connectivity index (χ3v) is 38.0. The lowest BCUT2D eigenvalue weighted by molar-refractivity contribution is 0.660. The molecule has 0 saturated heterocycles. The second-order valence-electron chi connectivity index (χ2n) is 39.1. The van der Waals surface area contributed by atoms with Crippen LogP contribution in [-0.4, -0.2) is 16.1 Å². The van der Waals surface area contributed by atoms with Crippen LogP contribution in [0.2, 0.25) is 26.2 Å². The molecule has 1 spiro atoms. The fourth-order valence-corrected chi connectivity index (χ4v) is 30.6. The minimum Gasteiger partial charge on any atom is -0.0622 e. The van der Waals surface area contributed by atoms with E-state index in [4.69, 9.17) is 0 Å². The Hall–Kier alpha value is -15.7. The van der Waals surface area contributed by atoms with Gasteiger partial charge in [0.1, 0.15) is 16.1 Å². The molecule has 134 heavy (non-hydrogen) atoms. The summed E-state index contributed by atoms with van der Waals surface area (Å²) in [5, 5.41) is 16.4. The standard InChI is InChI=1S/C71H48Si.C61H46Si/c1-72(2)67-42-52(51-37-39-56-55-23-13-16-28-65(55)71(66(56)41-51)63-26-14-11-21-53(63)54-22-12-15-27-64(54)71)38-40-57(67)60-43-61-62(44-68(60)72)70(50-35-31-48(32-36-50)46-19-7-4-8-20-46)59-25-10-9-24-58(59)69(61)49-33-29-47(30-34-49)45-17-5-3-6-18-45;1-61(2)55-22-14-13-19-47(55)48-33-31-45(35-56(48)61)46-32-34-49-52-37-53-54(38-58(52)62(3,4)57(49)36-46)60(44-29-25-42(26-30-44)40-17-9-6-10-18-40)51-21-12-11-20-50(51)59(53)43-27-23-41(24-28-43)39-15-7-5-8-16-39/h3-44H,1-2H3;5-38H,1-4H3. The van der Waals surface area contributed by atoms with Gasteiger partial charge in [-0.05, 0) is 288 Å². The Balaban J connectivity index is 0.000000141. The molecule has 22 aromatic carbocycles. The van der Waals surface area contributed by atoms with Crippen LogP contribution >= 0.6 is 0 Å². The normalized spacial score (nSPS) is 14.0. The number of rotatable bonds is 10. The van der Waals surface area contributed by atoms with Crippen molar-refractivity contribution in [3.05, 3.63) is 494 Å². The summed E-state index contributed by atoms with van der Waals surface area (Å²) in [6.07, 6.45) is 0. The zero-order chi connectivity index (χ0) is 89.5. The minimum absolute atomic E-state index is 0.0360. The second-order valence-corrected chi connectivity index (χ2v) is 47.8. The first-order chi connectivity index (χ1) is 65.7. The lowest BCUT2D eigenvalue weighted by Gasteiger charge is -2.30. The van der Waals surface area contributed by atoms with Gasteiger partial charge < -0.3 is 0 Å². The molecule has 0 aromatic heterocycles. The molecular formula is C132H94Si2. The lowest BCUT2D eigenvalue weighted by atomic mass is 9.70. The molecule has 2 heterocycles. The Morgan fingerprint density at radius 3 is 0.687 bits per heavy atom. The van der Waals surface area contributed by atoms with Crippen molar-refractivity contribution in [1.29, 1.82) is 0 Å². The monoisotopic (exact) mass is 1730 g/mol. The molecule has 2 heteroatoms. The lowest BCUT2D eigenvalue weighted by Crippen LogP contribution is -2.49. The molecular weight excluding hydrogens is 1640 g/mol. The number of fused-ring (bicyclic) bond motifs is 23. The van der Waals surface area contributed by atoms with Crippen molar-refractivity contribution in [3.63, 3.8) is 0 Å². The van der Waals surface area contributed by atoms with E-state index in [0.717, 1.165) is 0 Å². The SMILES string of the molecule is CC1(C)c2ccccc2-c2ccc(-c3ccc4c(c3)[Si](C)(C)c3cc5c(-c6ccc(-c7ccccc7)cc6)c6ccccc6c(-c6ccc(-c7ccccc7)cc6)c5cc3-4)cc21.C[Si]1(C)c2cc(-c3ccc4c(c3)C3(c5ccccc5-c5ccccc53)c3ccccc3-4)ccc2-c2cc3c(-c4ccc(-c5ccccc5)cc4)c4ccccc4c(-c4ccc(-c5ccccc5)cc4)c3cc21. The predicted octanol–water partition coefficient (Wildman–Crippen LogP) is 32.9. The summed E-state index contributed by atoms with van der Waals surface area (Å²) in [7, 11) is -4.40. The molecule has 0 bridgehead atoms. The van der Waals surface area contributed by atoms with E-state index in [2.05, 4.69) is 501 Å². The van der Waals surface area contributed by atoms with Gasteiger partial charge in [0.05, 0.1) is 5.41 Å². The van der Waals surface area contributed by atoms with E-state index in [1.54, 1.807) is 0 Å². The molecule has 0 nitrogen and oxygen atoms in total. The molecule has 27 rings (SSSR count). The first-order valence-electron chi connectivity index (χ1n) is 47.4. The van der Waals surface area contributed by atoms with Gasteiger partial charge in [0, 0.05) is 5.41 Å². The topological polar surface area (TPSA) is 0 Å². The number of benzene rings is 22. The van der Waals surface area contributed by atoms with Crippen molar-refractivity contribution in [1.82, 2.24) is 0 Å². The quantitative estimate of drug-likeness (QED) is 0.0946. The molecule has 0 radical (unpaired) electrons. The highest BCUT2D eigenvalue weighted by atomic mass is 28.3. The predicted molar refractivity (Wildman–Crippen MR) is 576 cm³/mol. The van der Waals surface area contributed by atoms with E-state index in [9.17, 15) is 0 Å². The van der Waals surface area contributed by atoms with Crippen LogP contribution in [-0.2, 0) is 10.8 Å². The maximum absolute atomic E-state index is 2.62. The van der Waals surface area contributed by atoms with Gasteiger partial charge in [-0.3, -0.25) is 0 Å². The van der Waals surface area contributed by atoms with Crippen LogP contribution in [0.3, 0.4) is 0 Å². The third kappa shape index (κ3) is 12.0. The molecule has 22 aromatic rings. The van der Waals surface area contributed by atoms with Crippen LogP contribution in [0.15, 0.2) is 461 Å². The van der Waals surface area contributed by atoms with Crippen LogP contribution in [0, 0.1) is 0 Å². The van der Waals surface area contributed by atoms with Gasteiger partial charge in [0.25, 0.3) is 0 Å². The molecule has 3 aliphatic carbocycles.